The lowest BCUT2D eigenvalue weighted by atomic mass is 9.93. The number of nitrogens with one attached hydrogen (secondary N) is 1. The largest absolute Gasteiger partial charge is 0.393 e. The summed E-state index contributed by atoms with van der Waals surface area (Å²) in [6.45, 7) is 1.60. The molecule has 0 bridgehead atoms. The molecule has 5 nitrogen and oxygen atoms in total. The Morgan fingerprint density at radius 2 is 2.00 bits per heavy atom. The van der Waals surface area contributed by atoms with E-state index in [9.17, 15) is 5.11 Å². The van der Waals surface area contributed by atoms with Gasteiger partial charge in [-0.2, -0.15) is 0 Å². The zero-order valence-electron chi connectivity index (χ0n) is 11.1. The van der Waals surface area contributed by atoms with Gasteiger partial charge < -0.3 is 15.2 Å². The van der Waals surface area contributed by atoms with Crippen molar-refractivity contribution in [2.75, 3.05) is 18.5 Å². The summed E-state index contributed by atoms with van der Waals surface area (Å²) in [7, 11) is 0. The molecular formula is C14H21N3O2. The maximum Gasteiger partial charge on any atom is 0.129 e. The Morgan fingerprint density at radius 3 is 2.74 bits per heavy atom. The number of aromatic nitrogens is 2. The third-order valence-electron chi connectivity index (χ3n) is 4.08. The Morgan fingerprint density at radius 1 is 1.16 bits per heavy atom. The van der Waals surface area contributed by atoms with Gasteiger partial charge in [-0.25, -0.2) is 9.97 Å². The van der Waals surface area contributed by atoms with E-state index in [0.717, 1.165) is 56.8 Å². The van der Waals surface area contributed by atoms with Crippen LogP contribution in [0.5, 0.6) is 0 Å². The molecule has 3 rings (SSSR count). The zero-order chi connectivity index (χ0) is 13.1. The number of rotatable bonds is 3. The average molecular weight is 263 g/mol. The van der Waals surface area contributed by atoms with Crippen molar-refractivity contribution < 1.29 is 9.84 Å². The van der Waals surface area contributed by atoms with Crippen LogP contribution >= 0.6 is 0 Å². The maximum absolute atomic E-state index is 9.51. The molecular weight excluding hydrogens is 242 g/mol. The minimum Gasteiger partial charge on any atom is -0.393 e. The van der Waals surface area contributed by atoms with Crippen LogP contribution in [0.3, 0.4) is 0 Å². The van der Waals surface area contributed by atoms with Crippen molar-refractivity contribution in [1.82, 2.24) is 9.97 Å². The SMILES string of the molecule is OC1CCC(Nc2cc([C@H]3CCOC3)ncn2)CC1. The highest BCUT2D eigenvalue weighted by atomic mass is 16.5. The Bertz CT molecular complexity index is 413. The number of hydrogen-bond donors (Lipinski definition) is 2. The van der Waals surface area contributed by atoms with Gasteiger partial charge in [0, 0.05) is 24.6 Å². The molecule has 2 aliphatic rings. The van der Waals surface area contributed by atoms with Crippen LogP contribution in [0.4, 0.5) is 5.82 Å². The van der Waals surface area contributed by atoms with Crippen molar-refractivity contribution in [3.8, 4) is 0 Å². The molecule has 2 fully saturated rings. The van der Waals surface area contributed by atoms with Crippen LogP contribution in [-0.2, 0) is 4.74 Å². The van der Waals surface area contributed by atoms with E-state index in [-0.39, 0.29) is 6.10 Å². The van der Waals surface area contributed by atoms with E-state index in [4.69, 9.17) is 4.74 Å². The summed E-state index contributed by atoms with van der Waals surface area (Å²) in [5.74, 6) is 1.31. The van der Waals surface area contributed by atoms with Gasteiger partial charge in [0.15, 0.2) is 0 Å². The lowest BCUT2D eigenvalue weighted by molar-refractivity contribution is 0.126. The summed E-state index contributed by atoms with van der Waals surface area (Å²) < 4.78 is 5.40. The molecule has 0 spiro atoms. The van der Waals surface area contributed by atoms with Gasteiger partial charge in [-0.15, -0.1) is 0 Å². The monoisotopic (exact) mass is 263 g/mol. The molecule has 1 atom stereocenters. The van der Waals surface area contributed by atoms with Crippen molar-refractivity contribution >= 4 is 5.82 Å². The highest BCUT2D eigenvalue weighted by Crippen LogP contribution is 2.26. The molecule has 1 saturated carbocycles. The van der Waals surface area contributed by atoms with Crippen LogP contribution in [0.1, 0.15) is 43.7 Å². The second kappa shape index (κ2) is 5.84. The number of anilines is 1. The summed E-state index contributed by atoms with van der Waals surface area (Å²) in [6.07, 6.45) is 6.34. The molecule has 1 aliphatic carbocycles. The highest BCUT2D eigenvalue weighted by molar-refractivity contribution is 5.37. The first kappa shape index (κ1) is 12.8. The van der Waals surface area contributed by atoms with Crippen molar-refractivity contribution in [1.29, 1.82) is 0 Å². The number of aliphatic hydroxyl groups excluding tert-OH is 1. The minimum atomic E-state index is -0.116. The van der Waals surface area contributed by atoms with E-state index in [0.29, 0.717) is 12.0 Å². The number of hydrogen-bond acceptors (Lipinski definition) is 5. The first-order valence-electron chi connectivity index (χ1n) is 7.15. The molecule has 104 valence electrons. The Kier molecular flexibility index (Phi) is 3.94. The van der Waals surface area contributed by atoms with Gasteiger partial charge >= 0.3 is 0 Å². The van der Waals surface area contributed by atoms with Crippen molar-refractivity contribution in [2.24, 2.45) is 0 Å². The van der Waals surface area contributed by atoms with E-state index in [1.807, 2.05) is 6.07 Å². The fourth-order valence-electron chi connectivity index (χ4n) is 2.87. The minimum absolute atomic E-state index is 0.116. The van der Waals surface area contributed by atoms with Crippen LogP contribution in [0.25, 0.3) is 0 Å². The van der Waals surface area contributed by atoms with Crippen LogP contribution in [-0.4, -0.2) is 40.4 Å². The third kappa shape index (κ3) is 3.22. The first-order chi connectivity index (χ1) is 9.31. The molecule has 0 aromatic carbocycles. The molecule has 0 radical (unpaired) electrons. The van der Waals surface area contributed by atoms with Gasteiger partial charge in [0.25, 0.3) is 0 Å². The maximum atomic E-state index is 9.51. The molecule has 1 aromatic heterocycles. The van der Waals surface area contributed by atoms with E-state index in [1.165, 1.54) is 0 Å². The summed E-state index contributed by atoms with van der Waals surface area (Å²) in [5.41, 5.74) is 1.07. The van der Waals surface area contributed by atoms with Crippen LogP contribution in [0.15, 0.2) is 12.4 Å². The predicted molar refractivity (Wildman–Crippen MR) is 72.1 cm³/mol. The Labute approximate surface area is 113 Å². The summed E-state index contributed by atoms with van der Waals surface area (Å²) in [6, 6.07) is 2.47. The molecule has 2 heterocycles. The molecule has 1 aromatic rings. The second-order valence-corrected chi connectivity index (χ2v) is 5.54. The van der Waals surface area contributed by atoms with Crippen molar-refractivity contribution in [3.05, 3.63) is 18.1 Å². The Balaban J connectivity index is 1.62. The molecule has 2 N–H and O–H groups in total. The molecule has 0 amide bonds. The van der Waals surface area contributed by atoms with E-state index in [2.05, 4.69) is 15.3 Å². The summed E-state index contributed by atoms with van der Waals surface area (Å²) >= 11 is 0. The van der Waals surface area contributed by atoms with Crippen LogP contribution in [0, 0.1) is 0 Å². The predicted octanol–water partition coefficient (Wildman–Crippen LogP) is 1.70. The van der Waals surface area contributed by atoms with Gasteiger partial charge in [0.1, 0.15) is 12.1 Å². The number of aliphatic hydroxyl groups is 1. The van der Waals surface area contributed by atoms with Crippen molar-refractivity contribution in [3.63, 3.8) is 0 Å². The van der Waals surface area contributed by atoms with E-state index >= 15 is 0 Å². The van der Waals surface area contributed by atoms with E-state index in [1.54, 1.807) is 6.33 Å². The first-order valence-corrected chi connectivity index (χ1v) is 7.15. The van der Waals surface area contributed by atoms with Crippen LogP contribution < -0.4 is 5.32 Å². The fourth-order valence-corrected chi connectivity index (χ4v) is 2.87. The molecule has 19 heavy (non-hydrogen) atoms. The average Bonchev–Trinajstić information content (AvgIpc) is 2.96. The lowest BCUT2D eigenvalue weighted by Gasteiger charge is -2.26. The smallest absolute Gasteiger partial charge is 0.129 e. The molecule has 5 heteroatoms. The number of ether oxygens (including phenoxy) is 1. The normalized spacial score (nSPS) is 31.3. The second-order valence-electron chi connectivity index (χ2n) is 5.54. The standard InChI is InChI=1S/C14H21N3O2/c18-12-3-1-11(2-4-12)17-14-7-13(15-9-16-14)10-5-6-19-8-10/h7,9-12,18H,1-6,8H2,(H,15,16,17)/t10-,11?,12?/m0/s1. The van der Waals surface area contributed by atoms with Gasteiger partial charge in [-0.3, -0.25) is 0 Å². The van der Waals surface area contributed by atoms with Gasteiger partial charge in [0.05, 0.1) is 18.4 Å². The van der Waals surface area contributed by atoms with Gasteiger partial charge in [-0.05, 0) is 32.1 Å². The van der Waals surface area contributed by atoms with Crippen LogP contribution in [0.2, 0.25) is 0 Å². The Hall–Kier alpha value is -1.20. The topological polar surface area (TPSA) is 67.3 Å². The van der Waals surface area contributed by atoms with Gasteiger partial charge in [-0.1, -0.05) is 0 Å². The lowest BCUT2D eigenvalue weighted by Crippen LogP contribution is -2.28. The molecule has 1 saturated heterocycles. The summed E-state index contributed by atoms with van der Waals surface area (Å²) in [5, 5.41) is 13.0. The summed E-state index contributed by atoms with van der Waals surface area (Å²) in [4.78, 5) is 8.65. The van der Waals surface area contributed by atoms with E-state index < -0.39 is 0 Å². The molecule has 0 unspecified atom stereocenters. The zero-order valence-corrected chi connectivity index (χ0v) is 11.1. The third-order valence-corrected chi connectivity index (χ3v) is 4.08. The van der Waals surface area contributed by atoms with Crippen molar-refractivity contribution in [2.45, 2.75) is 50.2 Å². The quantitative estimate of drug-likeness (QED) is 0.868. The fraction of sp³-hybridized carbons (Fsp3) is 0.714. The highest BCUT2D eigenvalue weighted by Gasteiger charge is 2.22. The van der Waals surface area contributed by atoms with Gasteiger partial charge in [0.2, 0.25) is 0 Å². The molecule has 1 aliphatic heterocycles. The number of nitrogens with zero attached hydrogens (tertiary/aromatic N) is 2.